The molecule has 2 rings (SSSR count). The Morgan fingerprint density at radius 2 is 2.05 bits per heavy atom. The van der Waals surface area contributed by atoms with E-state index >= 15 is 0 Å². The van der Waals surface area contributed by atoms with Gasteiger partial charge in [-0.1, -0.05) is 18.5 Å². The molecule has 2 aromatic rings. The van der Waals surface area contributed by atoms with Gasteiger partial charge in [-0.25, -0.2) is 0 Å². The van der Waals surface area contributed by atoms with Crippen molar-refractivity contribution < 1.29 is 14.4 Å². The summed E-state index contributed by atoms with van der Waals surface area (Å²) >= 11 is 6.02. The van der Waals surface area contributed by atoms with Crippen molar-refractivity contribution in [3.63, 3.8) is 0 Å². The van der Waals surface area contributed by atoms with Gasteiger partial charge in [-0.05, 0) is 30.2 Å². The minimum atomic E-state index is -0.648. The minimum Gasteiger partial charge on any atom is -0.476 e. The van der Waals surface area contributed by atoms with Crippen molar-refractivity contribution in [1.29, 1.82) is 0 Å². The lowest BCUT2D eigenvalue weighted by Gasteiger charge is -2.08. The maximum atomic E-state index is 11.1. The second-order valence-electron chi connectivity index (χ2n) is 4.00. The molecule has 0 spiro atoms. The molecule has 0 unspecified atom stereocenters. The molecule has 0 radical (unpaired) electrons. The van der Waals surface area contributed by atoms with Gasteiger partial charge < -0.3 is 9.47 Å². The summed E-state index contributed by atoms with van der Waals surface area (Å²) in [5.41, 5.74) is 0.450. The highest BCUT2D eigenvalue weighted by atomic mass is 35.5. The first-order valence-electron chi connectivity index (χ1n) is 6.06. The summed E-state index contributed by atoms with van der Waals surface area (Å²) < 4.78 is 10.3. The van der Waals surface area contributed by atoms with E-state index in [1.165, 1.54) is 7.11 Å². The Morgan fingerprint density at radius 1 is 1.33 bits per heavy atom. The highest BCUT2D eigenvalue weighted by Gasteiger charge is 2.26. The number of ether oxygens (including phenoxy) is 2. The van der Waals surface area contributed by atoms with Crippen LogP contribution in [0.2, 0.25) is 5.02 Å². The van der Waals surface area contributed by atoms with Gasteiger partial charge in [-0.3, -0.25) is 10.1 Å². The van der Waals surface area contributed by atoms with Crippen molar-refractivity contribution in [2.45, 2.75) is 13.3 Å². The van der Waals surface area contributed by atoms with Gasteiger partial charge in [0, 0.05) is 5.02 Å². The lowest BCUT2D eigenvalue weighted by molar-refractivity contribution is -0.387. The van der Waals surface area contributed by atoms with Crippen molar-refractivity contribution in [3.8, 4) is 17.5 Å². The molecule has 0 saturated carbocycles. The fraction of sp³-hybridized carbons (Fsp3) is 0.231. The average molecular weight is 310 g/mol. The molecule has 0 N–H and O–H groups in total. The van der Waals surface area contributed by atoms with Gasteiger partial charge in [0.2, 0.25) is 0 Å². The van der Waals surface area contributed by atoms with E-state index in [-0.39, 0.29) is 11.8 Å². The van der Waals surface area contributed by atoms with Crippen LogP contribution in [0.4, 0.5) is 5.69 Å². The summed E-state index contributed by atoms with van der Waals surface area (Å²) in [6.45, 7) is 1.95. The van der Waals surface area contributed by atoms with Crippen LogP contribution in [-0.4, -0.2) is 22.0 Å². The molecule has 0 amide bonds. The van der Waals surface area contributed by atoms with Crippen molar-refractivity contribution in [1.82, 2.24) is 9.97 Å². The summed E-state index contributed by atoms with van der Waals surface area (Å²) in [5, 5.41) is 11.7. The Kier molecular flexibility index (Phi) is 4.54. The summed E-state index contributed by atoms with van der Waals surface area (Å²) in [5.74, 6) is 0.0611. The number of aryl methyl sites for hydroxylation is 1. The smallest absolute Gasteiger partial charge is 0.392 e. The van der Waals surface area contributed by atoms with Gasteiger partial charge in [0.25, 0.3) is 0 Å². The monoisotopic (exact) mass is 309 g/mol. The molecule has 1 heterocycles. The Hall–Kier alpha value is -2.41. The number of benzene rings is 1. The fourth-order valence-electron chi connectivity index (χ4n) is 1.72. The molecule has 7 nitrogen and oxygen atoms in total. The molecule has 21 heavy (non-hydrogen) atoms. The van der Waals surface area contributed by atoms with E-state index in [1.807, 2.05) is 6.92 Å². The SMILES string of the molecule is CCc1cc(Oc2ncnc(OC)c2[N+](=O)[O-])ccc1Cl. The van der Waals surface area contributed by atoms with Crippen LogP contribution in [0.3, 0.4) is 0 Å². The Balaban J connectivity index is 2.42. The van der Waals surface area contributed by atoms with Crippen molar-refractivity contribution in [2.75, 3.05) is 7.11 Å². The molecule has 1 aromatic heterocycles. The fourth-order valence-corrected chi connectivity index (χ4v) is 1.98. The van der Waals surface area contributed by atoms with Crippen LogP contribution in [0.25, 0.3) is 0 Å². The number of methoxy groups -OCH3 is 1. The summed E-state index contributed by atoms with van der Waals surface area (Å²) in [6.07, 6.45) is 1.85. The third-order valence-electron chi connectivity index (χ3n) is 2.74. The minimum absolute atomic E-state index is 0.158. The topological polar surface area (TPSA) is 87.4 Å². The summed E-state index contributed by atoms with van der Waals surface area (Å²) in [4.78, 5) is 18.0. The number of nitro groups is 1. The van der Waals surface area contributed by atoms with Gasteiger partial charge in [-0.15, -0.1) is 0 Å². The number of hydrogen-bond donors (Lipinski definition) is 0. The predicted octanol–water partition coefficient (Wildman–Crippen LogP) is 3.40. The van der Waals surface area contributed by atoms with E-state index in [0.29, 0.717) is 17.2 Å². The van der Waals surface area contributed by atoms with Gasteiger partial charge in [0.1, 0.15) is 12.1 Å². The number of rotatable bonds is 5. The first-order valence-corrected chi connectivity index (χ1v) is 6.44. The molecule has 1 aromatic carbocycles. The largest absolute Gasteiger partial charge is 0.476 e. The summed E-state index contributed by atoms with van der Waals surface area (Å²) in [7, 11) is 1.29. The highest BCUT2D eigenvalue weighted by Crippen LogP contribution is 2.35. The van der Waals surface area contributed by atoms with Gasteiger partial charge in [-0.2, -0.15) is 9.97 Å². The molecular formula is C13H12ClN3O4. The zero-order chi connectivity index (χ0) is 15.4. The van der Waals surface area contributed by atoms with E-state index < -0.39 is 10.6 Å². The standard InChI is InChI=1S/C13H12ClN3O4/c1-3-8-6-9(4-5-10(8)14)21-13-11(17(18)19)12(20-2)15-7-16-13/h4-7H,3H2,1-2H3. The zero-order valence-corrected chi connectivity index (χ0v) is 12.1. The first-order chi connectivity index (χ1) is 10.1. The molecule has 110 valence electrons. The average Bonchev–Trinajstić information content (AvgIpc) is 2.48. The van der Waals surface area contributed by atoms with Gasteiger partial charge >= 0.3 is 17.4 Å². The lowest BCUT2D eigenvalue weighted by atomic mass is 10.1. The molecule has 0 aliphatic rings. The van der Waals surface area contributed by atoms with E-state index in [1.54, 1.807) is 18.2 Å². The Morgan fingerprint density at radius 3 is 2.67 bits per heavy atom. The number of hydrogen-bond acceptors (Lipinski definition) is 6. The molecule has 0 atom stereocenters. The van der Waals surface area contributed by atoms with Gasteiger partial charge in [0.15, 0.2) is 0 Å². The van der Waals surface area contributed by atoms with Crippen LogP contribution in [0.5, 0.6) is 17.5 Å². The number of halogens is 1. The van der Waals surface area contributed by atoms with Crippen LogP contribution in [-0.2, 0) is 6.42 Å². The molecule has 8 heteroatoms. The lowest BCUT2D eigenvalue weighted by Crippen LogP contribution is -2.01. The third-order valence-corrected chi connectivity index (χ3v) is 3.11. The number of aromatic nitrogens is 2. The molecule has 0 saturated heterocycles. The molecule has 0 bridgehead atoms. The van der Waals surface area contributed by atoms with Gasteiger partial charge in [0.05, 0.1) is 12.0 Å². The maximum absolute atomic E-state index is 11.1. The number of nitrogens with zero attached hydrogens (tertiary/aromatic N) is 3. The first kappa shape index (κ1) is 15.0. The van der Waals surface area contributed by atoms with Crippen LogP contribution < -0.4 is 9.47 Å². The summed E-state index contributed by atoms with van der Waals surface area (Å²) in [6, 6.07) is 4.99. The van der Waals surface area contributed by atoms with E-state index in [0.717, 1.165) is 11.9 Å². The van der Waals surface area contributed by atoms with Crippen molar-refractivity contribution in [3.05, 3.63) is 45.2 Å². The van der Waals surface area contributed by atoms with E-state index in [9.17, 15) is 10.1 Å². The molecule has 0 aliphatic heterocycles. The Labute approximate surface area is 125 Å². The van der Waals surface area contributed by atoms with Crippen LogP contribution in [0, 0.1) is 10.1 Å². The van der Waals surface area contributed by atoms with Crippen LogP contribution in [0.15, 0.2) is 24.5 Å². The second kappa shape index (κ2) is 6.36. The van der Waals surface area contributed by atoms with Crippen molar-refractivity contribution >= 4 is 17.3 Å². The van der Waals surface area contributed by atoms with Crippen LogP contribution >= 0.6 is 11.6 Å². The van der Waals surface area contributed by atoms with E-state index in [4.69, 9.17) is 21.1 Å². The second-order valence-corrected chi connectivity index (χ2v) is 4.41. The van der Waals surface area contributed by atoms with Crippen molar-refractivity contribution in [2.24, 2.45) is 0 Å². The third kappa shape index (κ3) is 3.19. The molecular weight excluding hydrogens is 298 g/mol. The zero-order valence-electron chi connectivity index (χ0n) is 11.4. The van der Waals surface area contributed by atoms with Crippen LogP contribution in [0.1, 0.15) is 12.5 Å². The molecule has 0 fully saturated rings. The quantitative estimate of drug-likeness (QED) is 0.621. The Bertz CT molecular complexity index is 678. The molecule has 0 aliphatic carbocycles. The normalized spacial score (nSPS) is 10.2. The highest BCUT2D eigenvalue weighted by molar-refractivity contribution is 6.31. The predicted molar refractivity (Wildman–Crippen MR) is 76.1 cm³/mol. The van der Waals surface area contributed by atoms with E-state index in [2.05, 4.69) is 9.97 Å². The maximum Gasteiger partial charge on any atom is 0.392 e.